The van der Waals surface area contributed by atoms with Gasteiger partial charge in [-0.25, -0.2) is 14.0 Å². The number of amides is 3. The Morgan fingerprint density at radius 2 is 1.81 bits per heavy atom. The van der Waals surface area contributed by atoms with E-state index in [2.05, 4.69) is 10.6 Å². The first-order chi connectivity index (χ1) is 12.4. The maximum Gasteiger partial charge on any atom is 0.339 e. The van der Waals surface area contributed by atoms with Crippen LogP contribution >= 0.6 is 0 Å². The minimum absolute atomic E-state index is 0.0279. The highest BCUT2D eigenvalue weighted by Crippen LogP contribution is 2.20. The molecule has 2 aromatic rings. The van der Waals surface area contributed by atoms with Gasteiger partial charge >= 0.3 is 12.0 Å². The van der Waals surface area contributed by atoms with Crippen LogP contribution in [-0.2, 0) is 9.53 Å². The van der Waals surface area contributed by atoms with Crippen molar-refractivity contribution in [3.63, 3.8) is 0 Å². The molecule has 0 fully saturated rings. The van der Waals surface area contributed by atoms with E-state index < -0.39 is 29.8 Å². The molecule has 0 unspecified atom stereocenters. The van der Waals surface area contributed by atoms with Crippen LogP contribution in [0.4, 0.5) is 9.18 Å². The van der Waals surface area contributed by atoms with E-state index in [0.717, 1.165) is 6.07 Å². The van der Waals surface area contributed by atoms with Crippen molar-refractivity contribution in [2.24, 2.45) is 0 Å². The van der Waals surface area contributed by atoms with Crippen molar-refractivity contribution in [1.29, 1.82) is 0 Å². The molecule has 136 valence electrons. The van der Waals surface area contributed by atoms with E-state index in [9.17, 15) is 18.8 Å². The molecule has 0 saturated carbocycles. The van der Waals surface area contributed by atoms with Gasteiger partial charge in [0, 0.05) is 12.1 Å². The molecule has 3 amide bonds. The van der Waals surface area contributed by atoms with Crippen molar-refractivity contribution in [2.45, 2.75) is 20.0 Å². The Bertz CT molecular complexity index is 808. The molecule has 2 rings (SSSR count). The van der Waals surface area contributed by atoms with Crippen LogP contribution in [0.25, 0.3) is 0 Å². The monoisotopic (exact) mass is 358 g/mol. The molecule has 0 radical (unpaired) electrons. The summed E-state index contributed by atoms with van der Waals surface area (Å²) in [5.41, 5.74) is 0.741. The minimum Gasteiger partial charge on any atom is -0.444 e. The quantitative estimate of drug-likeness (QED) is 0.805. The lowest BCUT2D eigenvalue weighted by Gasteiger charge is -2.18. The van der Waals surface area contributed by atoms with Crippen LogP contribution in [0.1, 0.15) is 34.5 Å². The van der Waals surface area contributed by atoms with E-state index >= 15 is 0 Å². The van der Waals surface area contributed by atoms with Gasteiger partial charge in [-0.2, -0.15) is 0 Å². The summed E-state index contributed by atoms with van der Waals surface area (Å²) in [6.45, 7) is 3.60. The highest BCUT2D eigenvalue weighted by molar-refractivity contribution is 5.99. The lowest BCUT2D eigenvalue weighted by molar-refractivity contribution is -0.129. The summed E-state index contributed by atoms with van der Waals surface area (Å²) >= 11 is 0. The van der Waals surface area contributed by atoms with Gasteiger partial charge in [-0.05, 0) is 31.5 Å². The second kappa shape index (κ2) is 8.75. The van der Waals surface area contributed by atoms with Crippen LogP contribution in [0.15, 0.2) is 48.5 Å². The molecule has 7 heteroatoms. The van der Waals surface area contributed by atoms with E-state index in [1.807, 2.05) is 0 Å². The third kappa shape index (κ3) is 4.89. The number of carbonyl (C=O) groups is 3. The zero-order valence-electron chi connectivity index (χ0n) is 14.4. The summed E-state index contributed by atoms with van der Waals surface area (Å²) < 4.78 is 18.9. The van der Waals surface area contributed by atoms with Crippen LogP contribution in [0.5, 0.6) is 0 Å². The van der Waals surface area contributed by atoms with Crippen LogP contribution in [0.2, 0.25) is 0 Å². The van der Waals surface area contributed by atoms with Crippen molar-refractivity contribution in [2.75, 3.05) is 6.54 Å². The summed E-state index contributed by atoms with van der Waals surface area (Å²) in [4.78, 5) is 36.3. The number of halogens is 1. The second-order valence-electron chi connectivity index (χ2n) is 5.51. The van der Waals surface area contributed by atoms with Crippen LogP contribution < -0.4 is 10.6 Å². The molecule has 26 heavy (non-hydrogen) atoms. The first kappa shape index (κ1) is 19.1. The summed E-state index contributed by atoms with van der Waals surface area (Å²) in [5, 5.41) is 4.54. The normalized spacial score (nSPS) is 11.3. The molecule has 2 N–H and O–H groups in total. The Hall–Kier alpha value is -3.22. The van der Waals surface area contributed by atoms with Gasteiger partial charge in [0.2, 0.25) is 6.10 Å². The number of ether oxygens (including phenoxy) is 1. The zero-order valence-corrected chi connectivity index (χ0v) is 14.4. The molecular weight excluding hydrogens is 339 g/mol. The van der Waals surface area contributed by atoms with Crippen molar-refractivity contribution in [3.8, 4) is 0 Å². The van der Waals surface area contributed by atoms with Gasteiger partial charge in [0.05, 0.1) is 5.56 Å². The summed E-state index contributed by atoms with van der Waals surface area (Å²) in [5.74, 6) is -2.23. The maximum atomic E-state index is 13.7. The van der Waals surface area contributed by atoms with Crippen LogP contribution in [0.3, 0.4) is 0 Å². The summed E-state index contributed by atoms with van der Waals surface area (Å²) in [6.07, 6.45) is -1.35. The Kier molecular flexibility index (Phi) is 6.43. The fraction of sp³-hybridized carbons (Fsp3) is 0.211. The molecule has 0 saturated heterocycles. The van der Waals surface area contributed by atoms with Gasteiger partial charge in [0.25, 0.3) is 5.91 Å². The summed E-state index contributed by atoms with van der Waals surface area (Å²) in [7, 11) is 0. The number of imide groups is 1. The van der Waals surface area contributed by atoms with Crippen LogP contribution in [0, 0.1) is 12.7 Å². The number of hydrogen-bond donors (Lipinski definition) is 2. The smallest absolute Gasteiger partial charge is 0.339 e. The maximum absolute atomic E-state index is 13.7. The lowest BCUT2D eigenvalue weighted by atomic mass is 10.1. The average molecular weight is 358 g/mol. The van der Waals surface area contributed by atoms with Gasteiger partial charge in [-0.15, -0.1) is 0 Å². The largest absolute Gasteiger partial charge is 0.444 e. The molecule has 2 aromatic carbocycles. The highest BCUT2D eigenvalue weighted by atomic mass is 19.1. The highest BCUT2D eigenvalue weighted by Gasteiger charge is 2.27. The molecule has 0 spiro atoms. The molecule has 0 heterocycles. The Balaban J connectivity index is 2.23. The standard InChI is InChI=1S/C19H19FN2O4/c1-3-21-19(25)22-17(23)16(13-7-5-4-6-8-13)26-18(24)14-10-9-12(2)15(20)11-14/h4-11,16H,3H2,1-2H3,(H2,21,22,23,25)/t16-/m1/s1. The lowest BCUT2D eigenvalue weighted by Crippen LogP contribution is -2.42. The van der Waals surface area contributed by atoms with Crippen LogP contribution in [-0.4, -0.2) is 24.5 Å². The van der Waals surface area contributed by atoms with Crippen molar-refractivity contribution < 1.29 is 23.5 Å². The first-order valence-electron chi connectivity index (χ1n) is 8.03. The zero-order chi connectivity index (χ0) is 19.1. The van der Waals surface area contributed by atoms with Crippen molar-refractivity contribution >= 4 is 17.9 Å². The van der Waals surface area contributed by atoms with E-state index in [-0.39, 0.29) is 5.56 Å². The van der Waals surface area contributed by atoms with E-state index in [4.69, 9.17) is 4.74 Å². The molecule has 6 nitrogen and oxygen atoms in total. The third-order valence-corrected chi connectivity index (χ3v) is 3.55. The predicted octanol–water partition coefficient (Wildman–Crippen LogP) is 2.88. The minimum atomic E-state index is -1.35. The molecule has 0 aliphatic heterocycles. The Morgan fingerprint density at radius 3 is 2.42 bits per heavy atom. The molecule has 0 aliphatic carbocycles. The van der Waals surface area contributed by atoms with E-state index in [1.54, 1.807) is 44.2 Å². The number of hydrogen-bond acceptors (Lipinski definition) is 4. The Labute approximate surface area is 150 Å². The molecular formula is C19H19FN2O4. The number of benzene rings is 2. The second-order valence-corrected chi connectivity index (χ2v) is 5.51. The third-order valence-electron chi connectivity index (χ3n) is 3.55. The Morgan fingerprint density at radius 1 is 1.12 bits per heavy atom. The predicted molar refractivity (Wildman–Crippen MR) is 93.0 cm³/mol. The fourth-order valence-electron chi connectivity index (χ4n) is 2.18. The first-order valence-corrected chi connectivity index (χ1v) is 8.03. The van der Waals surface area contributed by atoms with Gasteiger partial charge in [0.15, 0.2) is 0 Å². The van der Waals surface area contributed by atoms with Crippen molar-refractivity contribution in [3.05, 3.63) is 71.0 Å². The average Bonchev–Trinajstić information content (AvgIpc) is 2.62. The number of rotatable bonds is 5. The number of urea groups is 1. The van der Waals surface area contributed by atoms with Crippen molar-refractivity contribution in [1.82, 2.24) is 10.6 Å². The van der Waals surface area contributed by atoms with Gasteiger partial charge in [0.1, 0.15) is 5.82 Å². The molecule has 1 atom stereocenters. The van der Waals surface area contributed by atoms with E-state index in [0.29, 0.717) is 17.7 Å². The number of aryl methyl sites for hydroxylation is 1. The number of carbonyl (C=O) groups excluding carboxylic acids is 3. The van der Waals surface area contributed by atoms with Gasteiger partial charge < -0.3 is 10.1 Å². The van der Waals surface area contributed by atoms with Gasteiger partial charge in [-0.1, -0.05) is 36.4 Å². The molecule has 0 aromatic heterocycles. The summed E-state index contributed by atoms with van der Waals surface area (Å²) in [6, 6.07) is 11.4. The number of nitrogens with one attached hydrogen (secondary N) is 2. The molecule has 0 aliphatic rings. The fourth-order valence-corrected chi connectivity index (χ4v) is 2.18. The number of esters is 1. The van der Waals surface area contributed by atoms with Gasteiger partial charge in [-0.3, -0.25) is 10.1 Å². The molecule has 0 bridgehead atoms. The topological polar surface area (TPSA) is 84.5 Å². The SMILES string of the molecule is CCNC(=O)NC(=O)[C@H](OC(=O)c1ccc(C)c(F)c1)c1ccccc1. The van der Waals surface area contributed by atoms with E-state index in [1.165, 1.54) is 12.1 Å².